The summed E-state index contributed by atoms with van der Waals surface area (Å²) in [6.07, 6.45) is 0. The normalized spacial score (nSPS) is 11.4. The summed E-state index contributed by atoms with van der Waals surface area (Å²) in [5.41, 5.74) is 9.54. The van der Waals surface area contributed by atoms with Crippen molar-refractivity contribution in [3.05, 3.63) is 158 Å². The van der Waals surface area contributed by atoms with Crippen molar-refractivity contribution in [3.8, 4) is 56.4 Å². The Kier molecular flexibility index (Phi) is 6.61. The fourth-order valence-electron chi connectivity index (χ4n) is 6.20. The number of para-hydroxylation sites is 1. The molecule has 0 spiro atoms. The third kappa shape index (κ3) is 4.94. The van der Waals surface area contributed by atoms with Crippen molar-refractivity contribution >= 4 is 42.5 Å². The van der Waals surface area contributed by atoms with Gasteiger partial charge >= 0.3 is 0 Å². The minimum absolute atomic E-state index is 0.638. The van der Waals surface area contributed by atoms with Crippen LogP contribution in [0.1, 0.15) is 0 Å². The Labute approximate surface area is 275 Å². The van der Waals surface area contributed by atoms with Crippen LogP contribution in [0.3, 0.4) is 0 Å². The molecule has 9 rings (SSSR count). The molecule has 47 heavy (non-hydrogen) atoms. The summed E-state index contributed by atoms with van der Waals surface area (Å²) in [6, 6.07) is 54.4. The number of nitrogens with zero attached hydrogens (tertiary/aromatic N) is 4. The highest BCUT2D eigenvalue weighted by atomic mass is 32.1. The van der Waals surface area contributed by atoms with Crippen molar-refractivity contribution in [3.63, 3.8) is 0 Å². The van der Waals surface area contributed by atoms with Crippen LogP contribution in [-0.2, 0) is 0 Å². The Morgan fingerprint density at radius 2 is 0.787 bits per heavy atom. The van der Waals surface area contributed by atoms with Gasteiger partial charge in [-0.05, 0) is 28.8 Å². The van der Waals surface area contributed by atoms with E-state index < -0.39 is 0 Å². The molecule has 0 atom stereocenters. The number of rotatable bonds is 5. The molecule has 5 heteroatoms. The zero-order chi connectivity index (χ0) is 31.2. The van der Waals surface area contributed by atoms with Crippen LogP contribution >= 0.6 is 11.3 Å². The number of hydrogen-bond donors (Lipinski definition) is 0. The quantitative estimate of drug-likeness (QED) is 0.193. The summed E-state index contributed by atoms with van der Waals surface area (Å²) < 4.78 is 2.44. The van der Waals surface area contributed by atoms with Crippen molar-refractivity contribution in [2.45, 2.75) is 0 Å². The van der Waals surface area contributed by atoms with Gasteiger partial charge in [-0.25, -0.2) is 19.9 Å². The second-order valence-electron chi connectivity index (χ2n) is 11.5. The van der Waals surface area contributed by atoms with E-state index in [1.165, 1.54) is 25.9 Å². The molecule has 0 aliphatic heterocycles. The maximum atomic E-state index is 5.10. The average molecular weight is 619 g/mol. The van der Waals surface area contributed by atoms with Crippen LogP contribution in [0.5, 0.6) is 0 Å². The molecule has 6 aromatic carbocycles. The van der Waals surface area contributed by atoms with Crippen LogP contribution < -0.4 is 0 Å². The van der Waals surface area contributed by atoms with E-state index >= 15 is 0 Å². The van der Waals surface area contributed by atoms with E-state index in [0.29, 0.717) is 17.5 Å². The summed E-state index contributed by atoms with van der Waals surface area (Å²) in [7, 11) is 0. The van der Waals surface area contributed by atoms with Gasteiger partial charge in [0, 0.05) is 37.7 Å². The molecule has 4 nitrogen and oxygen atoms in total. The van der Waals surface area contributed by atoms with Crippen LogP contribution in [0.4, 0.5) is 0 Å². The number of hydrogen-bond acceptors (Lipinski definition) is 5. The van der Waals surface area contributed by atoms with Crippen LogP contribution in [0.15, 0.2) is 158 Å². The second kappa shape index (κ2) is 11.4. The van der Waals surface area contributed by atoms with E-state index in [0.717, 1.165) is 44.2 Å². The zero-order valence-electron chi connectivity index (χ0n) is 25.2. The van der Waals surface area contributed by atoms with Gasteiger partial charge in [0.25, 0.3) is 0 Å². The fraction of sp³-hybridized carbons (Fsp3) is 0. The smallest absolute Gasteiger partial charge is 0.164 e. The first-order valence-corrected chi connectivity index (χ1v) is 16.4. The molecule has 220 valence electrons. The maximum absolute atomic E-state index is 5.10. The molecule has 0 radical (unpaired) electrons. The highest BCUT2D eigenvalue weighted by molar-refractivity contribution is 7.26. The summed E-state index contributed by atoms with van der Waals surface area (Å²) in [5, 5.41) is 2.34. The van der Waals surface area contributed by atoms with Crippen molar-refractivity contribution in [2.24, 2.45) is 0 Å². The fourth-order valence-corrected chi connectivity index (χ4v) is 7.43. The lowest BCUT2D eigenvalue weighted by Crippen LogP contribution is -2.00. The van der Waals surface area contributed by atoms with Crippen LogP contribution in [-0.4, -0.2) is 19.9 Å². The molecule has 3 heterocycles. The maximum Gasteiger partial charge on any atom is 0.164 e. The van der Waals surface area contributed by atoms with Gasteiger partial charge in [-0.15, -0.1) is 11.3 Å². The van der Waals surface area contributed by atoms with E-state index in [4.69, 9.17) is 19.9 Å². The first-order valence-electron chi connectivity index (χ1n) is 15.6. The number of fused-ring (bicyclic) bond motifs is 4. The number of aromatic nitrogens is 4. The highest BCUT2D eigenvalue weighted by Crippen LogP contribution is 2.43. The average Bonchev–Trinajstić information content (AvgIpc) is 3.52. The van der Waals surface area contributed by atoms with Gasteiger partial charge in [-0.1, -0.05) is 146 Å². The molecule has 0 N–H and O–H groups in total. The van der Waals surface area contributed by atoms with Crippen molar-refractivity contribution in [1.82, 2.24) is 19.9 Å². The number of benzene rings is 6. The Morgan fingerprint density at radius 3 is 1.43 bits per heavy atom. The van der Waals surface area contributed by atoms with Crippen LogP contribution in [0.2, 0.25) is 0 Å². The molecule has 0 unspecified atom stereocenters. The van der Waals surface area contributed by atoms with Gasteiger partial charge in [0.05, 0.1) is 15.7 Å². The zero-order valence-corrected chi connectivity index (χ0v) is 26.0. The topological polar surface area (TPSA) is 51.6 Å². The first kappa shape index (κ1) is 27.3. The van der Waals surface area contributed by atoms with Crippen molar-refractivity contribution < 1.29 is 0 Å². The van der Waals surface area contributed by atoms with Gasteiger partial charge < -0.3 is 0 Å². The molecule has 0 aliphatic carbocycles. The molecular weight excluding hydrogens is 593 g/mol. The number of thiophene rings is 1. The molecule has 0 saturated heterocycles. The summed E-state index contributed by atoms with van der Waals surface area (Å²) in [6.45, 7) is 0. The first-order chi connectivity index (χ1) is 23.3. The minimum Gasteiger partial charge on any atom is -0.246 e. The lowest BCUT2D eigenvalue weighted by Gasteiger charge is -2.11. The Balaban J connectivity index is 1.16. The molecule has 0 saturated carbocycles. The Hall–Kier alpha value is -6.04. The van der Waals surface area contributed by atoms with Crippen molar-refractivity contribution in [2.75, 3.05) is 0 Å². The van der Waals surface area contributed by atoms with E-state index in [9.17, 15) is 0 Å². The predicted octanol–water partition coefficient (Wildman–Crippen LogP) is 11.1. The van der Waals surface area contributed by atoms with Gasteiger partial charge in [-0.2, -0.15) is 0 Å². The van der Waals surface area contributed by atoms with Crippen LogP contribution in [0.25, 0.3) is 87.6 Å². The monoisotopic (exact) mass is 618 g/mol. The van der Waals surface area contributed by atoms with Gasteiger partial charge in [0.2, 0.25) is 0 Å². The third-order valence-electron chi connectivity index (χ3n) is 8.55. The van der Waals surface area contributed by atoms with Crippen molar-refractivity contribution in [1.29, 1.82) is 0 Å². The van der Waals surface area contributed by atoms with E-state index in [-0.39, 0.29) is 0 Å². The lowest BCUT2D eigenvalue weighted by atomic mass is 9.98. The van der Waals surface area contributed by atoms with E-state index in [2.05, 4.69) is 121 Å². The molecule has 0 aliphatic rings. The SMILES string of the molecule is c1ccc(-c2ccc(-c3nc(-c4ccccc4)nc(-c4ccc(-c5c6ccccc6nc6c5sc5ccccc56)cc4)n3)cc2)cc1. The minimum atomic E-state index is 0.638. The second-order valence-corrected chi connectivity index (χ2v) is 12.5. The Bertz CT molecular complexity index is 2540. The molecule has 3 aromatic heterocycles. The van der Waals surface area contributed by atoms with Gasteiger partial charge in [0.15, 0.2) is 17.5 Å². The highest BCUT2D eigenvalue weighted by Gasteiger charge is 2.17. The lowest BCUT2D eigenvalue weighted by molar-refractivity contribution is 1.07. The summed E-state index contributed by atoms with van der Waals surface area (Å²) in [4.78, 5) is 20.0. The number of pyridine rings is 1. The largest absolute Gasteiger partial charge is 0.246 e. The Morgan fingerprint density at radius 1 is 0.340 bits per heavy atom. The van der Waals surface area contributed by atoms with E-state index in [1.807, 2.05) is 36.4 Å². The standard InChI is InChI=1S/C42H26N4S/c1-3-11-27(12-4-1)28-19-23-31(24-20-28)41-44-40(30-13-5-2-6-14-30)45-42(46-41)32-25-21-29(22-26-32)37-33-15-7-9-17-35(33)43-38-34-16-8-10-18-36(34)47-39(37)38/h1-26H. The summed E-state index contributed by atoms with van der Waals surface area (Å²) in [5.74, 6) is 1.93. The molecule has 0 bridgehead atoms. The molecule has 9 aromatic rings. The summed E-state index contributed by atoms with van der Waals surface area (Å²) >= 11 is 1.80. The van der Waals surface area contributed by atoms with Gasteiger partial charge in [0.1, 0.15) is 0 Å². The molecule has 0 amide bonds. The van der Waals surface area contributed by atoms with E-state index in [1.54, 1.807) is 11.3 Å². The predicted molar refractivity (Wildman–Crippen MR) is 195 cm³/mol. The third-order valence-corrected chi connectivity index (χ3v) is 9.73. The molecule has 0 fully saturated rings. The molecular formula is C42H26N4S. The van der Waals surface area contributed by atoms with Crippen LogP contribution in [0, 0.1) is 0 Å². The van der Waals surface area contributed by atoms with Gasteiger partial charge in [-0.3, -0.25) is 0 Å².